The first-order valence-electron chi connectivity index (χ1n) is 7.23. The molecule has 0 saturated carbocycles. The highest BCUT2D eigenvalue weighted by atomic mass is 16.7. The van der Waals surface area contributed by atoms with Crippen LogP contribution in [-0.2, 0) is 16.0 Å². The third kappa shape index (κ3) is 2.99. The normalized spacial score (nSPS) is 23.1. The number of ether oxygens (including phenoxy) is 2. The highest BCUT2D eigenvalue weighted by molar-refractivity contribution is 5.28. The van der Waals surface area contributed by atoms with Gasteiger partial charge in [0.2, 0.25) is 0 Å². The number of benzene rings is 1. The molecular formula is C16H23NO2. The summed E-state index contributed by atoms with van der Waals surface area (Å²) in [6.45, 7) is 8.86. The molecule has 1 aromatic carbocycles. The fraction of sp³-hybridized carbons (Fsp3) is 0.625. The molecule has 0 N–H and O–H groups in total. The van der Waals surface area contributed by atoms with Gasteiger partial charge in [-0.3, -0.25) is 4.90 Å². The molecular weight excluding hydrogens is 238 g/mol. The predicted octanol–water partition coefficient (Wildman–Crippen LogP) is 2.64. The van der Waals surface area contributed by atoms with Crippen LogP contribution in [0.5, 0.6) is 0 Å². The maximum absolute atomic E-state index is 5.83. The van der Waals surface area contributed by atoms with E-state index >= 15 is 0 Å². The largest absolute Gasteiger partial charge is 0.346 e. The highest BCUT2D eigenvalue weighted by Crippen LogP contribution is 2.30. The first-order valence-corrected chi connectivity index (χ1v) is 7.23. The third-order valence-electron chi connectivity index (χ3n) is 4.00. The van der Waals surface area contributed by atoms with Gasteiger partial charge in [-0.15, -0.1) is 0 Å². The lowest BCUT2D eigenvalue weighted by atomic mass is 10.0. The van der Waals surface area contributed by atoms with Crippen LogP contribution in [0.3, 0.4) is 0 Å². The lowest BCUT2D eigenvalue weighted by Gasteiger charge is -2.38. The summed E-state index contributed by atoms with van der Waals surface area (Å²) in [6, 6.07) is 6.79. The zero-order valence-electron chi connectivity index (χ0n) is 11.9. The Balaban J connectivity index is 1.69. The van der Waals surface area contributed by atoms with E-state index in [-0.39, 0.29) is 5.79 Å². The molecule has 0 radical (unpaired) electrons. The molecule has 2 aliphatic heterocycles. The summed E-state index contributed by atoms with van der Waals surface area (Å²) in [7, 11) is 0. The first kappa shape index (κ1) is 13.1. The zero-order valence-corrected chi connectivity index (χ0v) is 11.9. The van der Waals surface area contributed by atoms with Gasteiger partial charge in [-0.25, -0.2) is 0 Å². The van der Waals surface area contributed by atoms with Gasteiger partial charge in [0.05, 0.1) is 19.8 Å². The average molecular weight is 261 g/mol. The first-order chi connectivity index (χ1) is 9.15. The van der Waals surface area contributed by atoms with Crippen molar-refractivity contribution in [3.63, 3.8) is 0 Å². The molecule has 2 saturated heterocycles. The molecule has 0 amide bonds. The summed E-state index contributed by atoms with van der Waals surface area (Å²) in [6.07, 6.45) is 2.20. The minimum absolute atomic E-state index is 0.308. The van der Waals surface area contributed by atoms with Crippen LogP contribution in [0.25, 0.3) is 0 Å². The second-order valence-electron chi connectivity index (χ2n) is 5.92. The summed E-state index contributed by atoms with van der Waals surface area (Å²) in [4.78, 5) is 2.46. The zero-order chi connectivity index (χ0) is 13.3. The van der Waals surface area contributed by atoms with E-state index in [1.54, 1.807) is 0 Å². The van der Waals surface area contributed by atoms with Crippen molar-refractivity contribution in [1.82, 2.24) is 4.90 Å². The number of likely N-dealkylation sites (tertiary alicyclic amines) is 1. The second kappa shape index (κ2) is 5.23. The standard InChI is InChI=1S/C16H23NO2/c1-13-8-14(2)10-15(9-13)11-17-5-3-4-16(12-17)18-6-7-19-16/h8-10H,3-7,11-12H2,1-2H3. The maximum atomic E-state index is 5.83. The van der Waals surface area contributed by atoms with Crippen LogP contribution in [0.1, 0.15) is 29.5 Å². The van der Waals surface area contributed by atoms with Gasteiger partial charge in [0.15, 0.2) is 5.79 Å². The maximum Gasteiger partial charge on any atom is 0.181 e. The number of aryl methyl sites for hydroxylation is 2. The molecule has 3 nitrogen and oxygen atoms in total. The van der Waals surface area contributed by atoms with Gasteiger partial charge >= 0.3 is 0 Å². The Morgan fingerprint density at radius 3 is 2.47 bits per heavy atom. The molecule has 0 unspecified atom stereocenters. The number of nitrogens with zero attached hydrogens (tertiary/aromatic N) is 1. The molecule has 0 aromatic heterocycles. The minimum atomic E-state index is -0.308. The number of piperidine rings is 1. The van der Waals surface area contributed by atoms with Crippen molar-refractivity contribution in [2.24, 2.45) is 0 Å². The van der Waals surface area contributed by atoms with Crippen LogP contribution < -0.4 is 0 Å². The van der Waals surface area contributed by atoms with Gasteiger partial charge in [-0.05, 0) is 32.4 Å². The van der Waals surface area contributed by atoms with Gasteiger partial charge in [0, 0.05) is 13.0 Å². The molecule has 2 fully saturated rings. The van der Waals surface area contributed by atoms with Gasteiger partial charge in [0.1, 0.15) is 0 Å². The van der Waals surface area contributed by atoms with E-state index in [1.807, 2.05) is 0 Å². The molecule has 3 heteroatoms. The van der Waals surface area contributed by atoms with Crippen LogP contribution in [0.15, 0.2) is 18.2 Å². The SMILES string of the molecule is Cc1cc(C)cc(CN2CCCC3(C2)OCCO3)c1. The van der Waals surface area contributed by atoms with Crippen molar-refractivity contribution in [3.8, 4) is 0 Å². The second-order valence-corrected chi connectivity index (χ2v) is 5.92. The van der Waals surface area contributed by atoms with Crippen molar-refractivity contribution in [2.45, 2.75) is 39.0 Å². The molecule has 0 bridgehead atoms. The molecule has 0 atom stereocenters. The lowest BCUT2D eigenvalue weighted by molar-refractivity contribution is -0.190. The summed E-state index contributed by atoms with van der Waals surface area (Å²) >= 11 is 0. The fourth-order valence-electron chi connectivity index (χ4n) is 3.36. The van der Waals surface area contributed by atoms with Crippen molar-refractivity contribution in [3.05, 3.63) is 34.9 Å². The Labute approximate surface area is 115 Å². The molecule has 3 rings (SSSR count). The summed E-state index contributed by atoms with van der Waals surface area (Å²) in [5.74, 6) is -0.308. The van der Waals surface area contributed by atoms with E-state index in [9.17, 15) is 0 Å². The molecule has 19 heavy (non-hydrogen) atoms. The predicted molar refractivity (Wildman–Crippen MR) is 75.1 cm³/mol. The Kier molecular flexibility index (Phi) is 3.61. The van der Waals surface area contributed by atoms with Crippen LogP contribution in [-0.4, -0.2) is 37.0 Å². The Morgan fingerprint density at radius 1 is 1.11 bits per heavy atom. The lowest BCUT2D eigenvalue weighted by Crippen LogP contribution is -2.48. The average Bonchev–Trinajstić information content (AvgIpc) is 2.76. The molecule has 2 aliphatic rings. The van der Waals surface area contributed by atoms with Crippen molar-refractivity contribution < 1.29 is 9.47 Å². The van der Waals surface area contributed by atoms with Crippen LogP contribution in [0.2, 0.25) is 0 Å². The summed E-state index contributed by atoms with van der Waals surface area (Å²) in [5, 5.41) is 0. The Bertz CT molecular complexity index is 432. The quantitative estimate of drug-likeness (QED) is 0.817. The number of hydrogen-bond acceptors (Lipinski definition) is 3. The van der Waals surface area contributed by atoms with E-state index in [2.05, 4.69) is 36.9 Å². The molecule has 1 spiro atoms. The third-order valence-corrected chi connectivity index (χ3v) is 4.00. The summed E-state index contributed by atoms with van der Waals surface area (Å²) in [5.41, 5.74) is 4.08. The van der Waals surface area contributed by atoms with E-state index in [0.29, 0.717) is 0 Å². The minimum Gasteiger partial charge on any atom is -0.346 e. The van der Waals surface area contributed by atoms with E-state index in [4.69, 9.17) is 9.47 Å². The van der Waals surface area contributed by atoms with Crippen LogP contribution >= 0.6 is 0 Å². The van der Waals surface area contributed by atoms with Gasteiger partial charge in [-0.1, -0.05) is 29.3 Å². The van der Waals surface area contributed by atoms with Crippen molar-refractivity contribution >= 4 is 0 Å². The molecule has 0 aliphatic carbocycles. The van der Waals surface area contributed by atoms with E-state index in [0.717, 1.165) is 45.7 Å². The fourth-order valence-corrected chi connectivity index (χ4v) is 3.36. The van der Waals surface area contributed by atoms with Gasteiger partial charge in [0.25, 0.3) is 0 Å². The van der Waals surface area contributed by atoms with Gasteiger partial charge in [-0.2, -0.15) is 0 Å². The van der Waals surface area contributed by atoms with Crippen LogP contribution in [0.4, 0.5) is 0 Å². The Hall–Kier alpha value is -0.900. The van der Waals surface area contributed by atoms with Crippen LogP contribution in [0, 0.1) is 13.8 Å². The molecule has 2 heterocycles. The molecule has 1 aromatic rings. The van der Waals surface area contributed by atoms with E-state index in [1.165, 1.54) is 16.7 Å². The topological polar surface area (TPSA) is 21.7 Å². The number of rotatable bonds is 2. The van der Waals surface area contributed by atoms with E-state index < -0.39 is 0 Å². The Morgan fingerprint density at radius 2 is 1.79 bits per heavy atom. The van der Waals surface area contributed by atoms with Crippen molar-refractivity contribution in [1.29, 1.82) is 0 Å². The smallest absolute Gasteiger partial charge is 0.181 e. The summed E-state index contributed by atoms with van der Waals surface area (Å²) < 4.78 is 11.7. The number of hydrogen-bond donors (Lipinski definition) is 0. The van der Waals surface area contributed by atoms with Crippen molar-refractivity contribution in [2.75, 3.05) is 26.3 Å². The monoisotopic (exact) mass is 261 g/mol. The highest BCUT2D eigenvalue weighted by Gasteiger charge is 2.40. The molecule has 104 valence electrons. The van der Waals surface area contributed by atoms with Gasteiger partial charge < -0.3 is 9.47 Å².